The summed E-state index contributed by atoms with van der Waals surface area (Å²) in [5.74, 6) is -0.0335. The minimum absolute atomic E-state index is 0.228. The lowest BCUT2D eigenvalue weighted by Gasteiger charge is -2.22. The number of rotatable bonds is 9. The van der Waals surface area contributed by atoms with Crippen LogP contribution in [-0.2, 0) is 6.42 Å². The first-order valence-electron chi connectivity index (χ1n) is 12.4. The number of nitriles is 1. The van der Waals surface area contributed by atoms with Crippen LogP contribution in [0.3, 0.4) is 0 Å². The van der Waals surface area contributed by atoms with E-state index in [9.17, 15) is 19.6 Å². The number of benzene rings is 1. The highest BCUT2D eigenvalue weighted by Crippen LogP contribution is 2.28. The maximum absolute atomic E-state index is 14.3. The zero-order chi connectivity index (χ0) is 27.4. The molecule has 8 nitrogen and oxygen atoms in total. The Bertz CT molecular complexity index is 1500. The predicted molar refractivity (Wildman–Crippen MR) is 145 cm³/mol. The smallest absolute Gasteiger partial charge is 0.255 e. The fourth-order valence-corrected chi connectivity index (χ4v) is 4.06. The molecule has 4 rings (SSSR count). The number of hydrogen-bond acceptors (Lipinski definition) is 6. The minimum Gasteiger partial charge on any atom is -0.387 e. The van der Waals surface area contributed by atoms with Crippen molar-refractivity contribution in [3.05, 3.63) is 77.6 Å². The number of carbonyl (C=O) groups excluding carboxylic acids is 1. The van der Waals surface area contributed by atoms with Crippen LogP contribution in [0.25, 0.3) is 16.9 Å². The molecule has 4 aromatic rings. The second kappa shape index (κ2) is 11.0. The summed E-state index contributed by atoms with van der Waals surface area (Å²) in [6.45, 7) is 6.67. The first-order chi connectivity index (χ1) is 18.0. The molecule has 196 valence electrons. The molecule has 9 heteroatoms. The average Bonchev–Trinajstić information content (AvgIpc) is 3.29. The Morgan fingerprint density at radius 3 is 2.68 bits per heavy atom. The third kappa shape index (κ3) is 6.15. The summed E-state index contributed by atoms with van der Waals surface area (Å²) in [7, 11) is 0. The molecule has 38 heavy (non-hydrogen) atoms. The molecule has 0 bridgehead atoms. The number of halogens is 1. The molecule has 0 radical (unpaired) electrons. The van der Waals surface area contributed by atoms with E-state index in [1.54, 1.807) is 16.6 Å². The molecule has 0 fully saturated rings. The van der Waals surface area contributed by atoms with Crippen molar-refractivity contribution >= 4 is 22.8 Å². The third-order valence-corrected chi connectivity index (χ3v) is 6.10. The Hall–Kier alpha value is -4.29. The molecule has 3 heterocycles. The SMILES string of the molecule is CC(C)Cc1cccc(Nc2cc(-c3ccc4cc(C#N)cnn34)ncc2C(=O)NCC(F)C(C)(C)O)c1. The van der Waals surface area contributed by atoms with Gasteiger partial charge in [0.25, 0.3) is 5.91 Å². The van der Waals surface area contributed by atoms with E-state index in [1.807, 2.05) is 30.3 Å². The lowest BCUT2D eigenvalue weighted by molar-refractivity contribution is -0.00177. The molecule has 0 aliphatic heterocycles. The topological polar surface area (TPSA) is 115 Å². The summed E-state index contributed by atoms with van der Waals surface area (Å²) >= 11 is 0. The summed E-state index contributed by atoms with van der Waals surface area (Å²) in [5, 5.41) is 29.3. The van der Waals surface area contributed by atoms with E-state index < -0.39 is 17.7 Å². The van der Waals surface area contributed by atoms with Crippen LogP contribution < -0.4 is 10.6 Å². The number of aromatic nitrogens is 3. The maximum atomic E-state index is 14.3. The standard InChI is InChI=1S/C29H31FN6O2/c1-18(2)10-19-6-5-7-21(11-19)35-24-13-25(26-9-8-22-12-20(14-31)15-34-36(22)26)32-16-23(24)28(37)33-17-27(30)29(3,4)38/h5-9,11-13,15-16,18,27,38H,10,17H2,1-4H3,(H,32,35)(H,33,37). The van der Waals surface area contributed by atoms with E-state index in [-0.39, 0.29) is 12.1 Å². The normalized spacial score (nSPS) is 12.4. The summed E-state index contributed by atoms with van der Waals surface area (Å²) < 4.78 is 16.0. The van der Waals surface area contributed by atoms with Gasteiger partial charge in [0, 0.05) is 11.9 Å². The van der Waals surface area contributed by atoms with Gasteiger partial charge in [0.15, 0.2) is 0 Å². The largest absolute Gasteiger partial charge is 0.387 e. The second-order valence-electron chi connectivity index (χ2n) is 10.3. The molecule has 1 amide bonds. The van der Waals surface area contributed by atoms with E-state index in [1.165, 1.54) is 26.2 Å². The Morgan fingerprint density at radius 1 is 1.18 bits per heavy atom. The molecule has 0 aliphatic rings. The van der Waals surface area contributed by atoms with Crippen molar-refractivity contribution in [2.45, 2.75) is 45.9 Å². The fraction of sp³-hybridized carbons (Fsp3) is 0.310. The van der Waals surface area contributed by atoms with E-state index in [0.29, 0.717) is 28.6 Å². The first kappa shape index (κ1) is 26.8. The number of nitrogens with zero attached hydrogens (tertiary/aromatic N) is 4. The number of aliphatic hydroxyl groups is 1. The monoisotopic (exact) mass is 514 g/mol. The average molecular weight is 515 g/mol. The van der Waals surface area contributed by atoms with Crippen molar-refractivity contribution < 1.29 is 14.3 Å². The number of pyridine rings is 1. The van der Waals surface area contributed by atoms with E-state index in [4.69, 9.17) is 0 Å². The molecule has 1 unspecified atom stereocenters. The van der Waals surface area contributed by atoms with Crippen molar-refractivity contribution in [1.82, 2.24) is 19.9 Å². The molecule has 0 spiro atoms. The van der Waals surface area contributed by atoms with Crippen LogP contribution in [0.5, 0.6) is 0 Å². The number of amides is 1. The number of hydrogen-bond donors (Lipinski definition) is 3. The molecular formula is C29H31FN6O2. The summed E-state index contributed by atoms with van der Waals surface area (Å²) in [6, 6.07) is 17.2. The van der Waals surface area contributed by atoms with Crippen LogP contribution in [-0.4, -0.2) is 43.9 Å². The summed E-state index contributed by atoms with van der Waals surface area (Å²) in [5.41, 5.74) is 3.50. The van der Waals surface area contributed by atoms with Gasteiger partial charge >= 0.3 is 0 Å². The van der Waals surface area contributed by atoms with Crippen LogP contribution in [0.4, 0.5) is 15.8 Å². The van der Waals surface area contributed by atoms with Gasteiger partial charge in [0.05, 0.1) is 52.1 Å². The number of nitrogens with one attached hydrogen (secondary N) is 2. The van der Waals surface area contributed by atoms with Gasteiger partial charge in [-0.1, -0.05) is 26.0 Å². The van der Waals surface area contributed by atoms with E-state index >= 15 is 0 Å². The second-order valence-corrected chi connectivity index (χ2v) is 10.3. The zero-order valence-electron chi connectivity index (χ0n) is 21.9. The Labute approximate surface area is 221 Å². The van der Waals surface area contributed by atoms with Crippen LogP contribution in [0.15, 0.2) is 60.9 Å². The molecule has 0 saturated carbocycles. The van der Waals surface area contributed by atoms with E-state index in [2.05, 4.69) is 46.7 Å². The lowest BCUT2D eigenvalue weighted by atomic mass is 10.0. The quantitative estimate of drug-likeness (QED) is 0.288. The highest BCUT2D eigenvalue weighted by molar-refractivity contribution is 6.00. The van der Waals surface area contributed by atoms with Gasteiger partial charge in [-0.3, -0.25) is 9.78 Å². The molecule has 3 aromatic heterocycles. The van der Waals surface area contributed by atoms with Gasteiger partial charge in [0.2, 0.25) is 0 Å². The third-order valence-electron chi connectivity index (χ3n) is 6.10. The summed E-state index contributed by atoms with van der Waals surface area (Å²) in [4.78, 5) is 17.6. The van der Waals surface area contributed by atoms with Crippen LogP contribution in [0.2, 0.25) is 0 Å². The van der Waals surface area contributed by atoms with Gasteiger partial charge < -0.3 is 15.7 Å². The first-order valence-corrected chi connectivity index (χ1v) is 12.4. The summed E-state index contributed by atoms with van der Waals surface area (Å²) in [6.07, 6.45) is 2.18. The Morgan fingerprint density at radius 2 is 1.97 bits per heavy atom. The highest BCUT2D eigenvalue weighted by Gasteiger charge is 2.27. The molecule has 0 aliphatic carbocycles. The lowest BCUT2D eigenvalue weighted by Crippen LogP contribution is -2.42. The van der Waals surface area contributed by atoms with Crippen LogP contribution >= 0.6 is 0 Å². The zero-order valence-corrected chi connectivity index (χ0v) is 21.9. The minimum atomic E-state index is -1.64. The molecule has 1 aromatic carbocycles. The van der Waals surface area contributed by atoms with Crippen LogP contribution in [0.1, 0.15) is 49.2 Å². The number of carbonyl (C=O) groups is 1. The predicted octanol–water partition coefficient (Wildman–Crippen LogP) is 5.05. The van der Waals surface area contributed by atoms with Crippen molar-refractivity contribution in [2.75, 3.05) is 11.9 Å². The van der Waals surface area contributed by atoms with Crippen molar-refractivity contribution in [1.29, 1.82) is 5.26 Å². The molecule has 1 atom stereocenters. The Balaban J connectivity index is 1.71. The van der Waals surface area contributed by atoms with Gasteiger partial charge in [-0.2, -0.15) is 10.4 Å². The van der Waals surface area contributed by atoms with Gasteiger partial charge in [-0.05, 0) is 68.1 Å². The molecular weight excluding hydrogens is 483 g/mol. The fourth-order valence-electron chi connectivity index (χ4n) is 4.06. The number of alkyl halides is 1. The molecule has 0 saturated heterocycles. The molecule has 3 N–H and O–H groups in total. The maximum Gasteiger partial charge on any atom is 0.255 e. The van der Waals surface area contributed by atoms with Crippen molar-refractivity contribution in [3.8, 4) is 17.5 Å². The van der Waals surface area contributed by atoms with Gasteiger partial charge in [-0.15, -0.1) is 0 Å². The number of fused-ring (bicyclic) bond motifs is 1. The highest BCUT2D eigenvalue weighted by atomic mass is 19.1. The Kier molecular flexibility index (Phi) is 7.74. The van der Waals surface area contributed by atoms with Gasteiger partial charge in [-0.25, -0.2) is 8.91 Å². The van der Waals surface area contributed by atoms with E-state index in [0.717, 1.165) is 23.2 Å². The number of anilines is 2. The van der Waals surface area contributed by atoms with Crippen molar-refractivity contribution in [3.63, 3.8) is 0 Å². The van der Waals surface area contributed by atoms with Crippen molar-refractivity contribution in [2.24, 2.45) is 5.92 Å². The van der Waals surface area contributed by atoms with Crippen LogP contribution in [0, 0.1) is 17.2 Å². The van der Waals surface area contributed by atoms with Gasteiger partial charge in [0.1, 0.15) is 12.2 Å².